The average molecular weight is 288 g/mol. The van der Waals surface area contributed by atoms with Crippen LogP contribution in [0.2, 0.25) is 0 Å². The van der Waals surface area contributed by atoms with Crippen molar-refractivity contribution in [3.05, 3.63) is 0 Å². The van der Waals surface area contributed by atoms with Gasteiger partial charge in [-0.2, -0.15) is 11.8 Å². The first-order valence-electron chi connectivity index (χ1n) is 7.15. The van der Waals surface area contributed by atoms with Crippen molar-refractivity contribution in [2.75, 3.05) is 19.4 Å². The number of aliphatic hydroxyl groups is 1. The Morgan fingerprint density at radius 1 is 1.42 bits per heavy atom. The number of rotatable bonds is 7. The molecule has 4 nitrogen and oxygen atoms in total. The zero-order valence-corrected chi connectivity index (χ0v) is 13.2. The van der Waals surface area contributed by atoms with E-state index in [0.717, 1.165) is 25.7 Å². The summed E-state index contributed by atoms with van der Waals surface area (Å²) in [6.45, 7) is 4.94. The summed E-state index contributed by atoms with van der Waals surface area (Å²) >= 11 is 1.89. The quantitative estimate of drug-likeness (QED) is 0.630. The van der Waals surface area contributed by atoms with E-state index in [1.54, 1.807) is 0 Å². The molecule has 0 aromatic rings. The molecule has 0 spiro atoms. The third-order valence-corrected chi connectivity index (χ3v) is 4.89. The predicted molar refractivity (Wildman–Crippen MR) is 81.6 cm³/mol. The third kappa shape index (κ3) is 6.52. The van der Waals surface area contributed by atoms with E-state index in [1.807, 2.05) is 25.6 Å². The Bertz CT molecular complexity index is 285. The van der Waals surface area contributed by atoms with Gasteiger partial charge in [-0.25, -0.2) is 4.79 Å². The molecule has 1 aliphatic rings. The number of carbonyl (C=O) groups excluding carboxylic acids is 1. The van der Waals surface area contributed by atoms with E-state index in [9.17, 15) is 4.79 Å². The van der Waals surface area contributed by atoms with Crippen molar-refractivity contribution in [1.82, 2.24) is 10.6 Å². The van der Waals surface area contributed by atoms with E-state index < -0.39 is 0 Å². The van der Waals surface area contributed by atoms with E-state index in [1.165, 1.54) is 6.42 Å². The molecule has 3 N–H and O–H groups in total. The molecule has 2 atom stereocenters. The molecule has 19 heavy (non-hydrogen) atoms. The van der Waals surface area contributed by atoms with Crippen molar-refractivity contribution in [3.8, 4) is 0 Å². The van der Waals surface area contributed by atoms with Crippen LogP contribution in [0.3, 0.4) is 0 Å². The number of hydrogen-bond donors (Lipinski definition) is 3. The number of thioether (sulfide) groups is 1. The van der Waals surface area contributed by atoms with Gasteiger partial charge >= 0.3 is 6.03 Å². The lowest BCUT2D eigenvalue weighted by Gasteiger charge is -2.21. The Kier molecular flexibility index (Phi) is 7.00. The van der Waals surface area contributed by atoms with E-state index in [-0.39, 0.29) is 18.1 Å². The van der Waals surface area contributed by atoms with E-state index in [4.69, 9.17) is 5.11 Å². The zero-order valence-electron chi connectivity index (χ0n) is 12.4. The molecule has 0 bridgehead atoms. The van der Waals surface area contributed by atoms with E-state index in [2.05, 4.69) is 16.9 Å². The number of aliphatic hydroxyl groups excluding tert-OH is 1. The summed E-state index contributed by atoms with van der Waals surface area (Å²) < 4.78 is 0. The number of hydrogen-bond acceptors (Lipinski definition) is 3. The average Bonchev–Trinajstić information content (AvgIpc) is 2.82. The van der Waals surface area contributed by atoms with Gasteiger partial charge in [0.1, 0.15) is 0 Å². The smallest absolute Gasteiger partial charge is 0.315 e. The van der Waals surface area contributed by atoms with Gasteiger partial charge in [0.2, 0.25) is 0 Å². The summed E-state index contributed by atoms with van der Waals surface area (Å²) in [7, 11) is 0. The first-order valence-corrected chi connectivity index (χ1v) is 8.43. The summed E-state index contributed by atoms with van der Waals surface area (Å²) in [5.41, 5.74) is -0.0464. The van der Waals surface area contributed by atoms with Crippen LogP contribution in [0.5, 0.6) is 0 Å². The van der Waals surface area contributed by atoms with Crippen LogP contribution in [0.1, 0.15) is 46.0 Å². The van der Waals surface area contributed by atoms with Crippen molar-refractivity contribution < 1.29 is 9.90 Å². The molecule has 0 aromatic heterocycles. The molecule has 0 aliphatic heterocycles. The maximum atomic E-state index is 11.7. The summed E-state index contributed by atoms with van der Waals surface area (Å²) in [6, 6.07) is 0.292. The second kappa shape index (κ2) is 8.00. The van der Waals surface area contributed by atoms with Gasteiger partial charge in [0.25, 0.3) is 0 Å². The van der Waals surface area contributed by atoms with Gasteiger partial charge < -0.3 is 15.7 Å². The van der Waals surface area contributed by atoms with Crippen molar-refractivity contribution in [1.29, 1.82) is 0 Å². The molecule has 1 rings (SSSR count). The Hall–Kier alpha value is -0.420. The lowest BCUT2D eigenvalue weighted by molar-refractivity contribution is 0.148. The highest BCUT2D eigenvalue weighted by Crippen LogP contribution is 2.28. The minimum atomic E-state index is -0.0476. The van der Waals surface area contributed by atoms with Crippen molar-refractivity contribution in [3.63, 3.8) is 0 Å². The second-order valence-corrected chi connectivity index (χ2v) is 7.33. The van der Waals surface area contributed by atoms with Crippen LogP contribution < -0.4 is 10.6 Å². The summed E-state index contributed by atoms with van der Waals surface area (Å²) in [5, 5.41) is 15.8. The predicted octanol–water partition coefficient (Wildman–Crippen LogP) is 2.37. The van der Waals surface area contributed by atoms with Crippen LogP contribution in [0.25, 0.3) is 0 Å². The Morgan fingerprint density at radius 3 is 2.74 bits per heavy atom. The van der Waals surface area contributed by atoms with Crippen LogP contribution in [0, 0.1) is 5.41 Å². The molecule has 1 aliphatic carbocycles. The second-order valence-electron chi connectivity index (χ2n) is 6.19. The maximum Gasteiger partial charge on any atom is 0.315 e. The van der Waals surface area contributed by atoms with Gasteiger partial charge in [0.15, 0.2) is 0 Å². The molecule has 1 fully saturated rings. The van der Waals surface area contributed by atoms with E-state index >= 15 is 0 Å². The number of amides is 2. The normalized spacial score (nSPS) is 23.4. The topological polar surface area (TPSA) is 61.4 Å². The SMILES string of the molecule is CSC1CCC(NC(=O)NCCCC(C)(C)CO)C1. The van der Waals surface area contributed by atoms with Gasteiger partial charge in [0.05, 0.1) is 0 Å². The molecule has 0 aromatic carbocycles. The number of nitrogens with one attached hydrogen (secondary N) is 2. The minimum absolute atomic E-state index is 0.0464. The van der Waals surface area contributed by atoms with Crippen LogP contribution in [0.15, 0.2) is 0 Å². The van der Waals surface area contributed by atoms with Crippen LogP contribution in [-0.4, -0.2) is 41.8 Å². The fraction of sp³-hybridized carbons (Fsp3) is 0.929. The molecular weight excluding hydrogens is 260 g/mol. The van der Waals surface area contributed by atoms with Crippen molar-refractivity contribution in [2.45, 2.75) is 57.2 Å². The molecule has 1 saturated carbocycles. The third-order valence-electron chi connectivity index (χ3n) is 3.80. The zero-order chi connectivity index (χ0) is 14.3. The molecule has 2 amide bonds. The van der Waals surface area contributed by atoms with Gasteiger partial charge in [-0.1, -0.05) is 13.8 Å². The fourth-order valence-electron chi connectivity index (χ4n) is 2.37. The molecule has 0 saturated heterocycles. The van der Waals surface area contributed by atoms with Crippen LogP contribution in [0.4, 0.5) is 4.79 Å². The van der Waals surface area contributed by atoms with Gasteiger partial charge in [-0.3, -0.25) is 0 Å². The Morgan fingerprint density at radius 2 is 2.16 bits per heavy atom. The Balaban J connectivity index is 2.09. The van der Waals surface area contributed by atoms with Crippen molar-refractivity contribution in [2.24, 2.45) is 5.41 Å². The molecule has 0 heterocycles. The fourth-order valence-corrected chi connectivity index (χ4v) is 3.17. The van der Waals surface area contributed by atoms with Crippen LogP contribution >= 0.6 is 11.8 Å². The number of urea groups is 1. The molecule has 5 heteroatoms. The monoisotopic (exact) mass is 288 g/mol. The van der Waals surface area contributed by atoms with Crippen molar-refractivity contribution >= 4 is 17.8 Å². The highest BCUT2D eigenvalue weighted by molar-refractivity contribution is 7.99. The highest BCUT2D eigenvalue weighted by atomic mass is 32.2. The first-order chi connectivity index (χ1) is 8.96. The lowest BCUT2D eigenvalue weighted by atomic mass is 9.89. The first kappa shape index (κ1) is 16.6. The Labute approximate surface area is 121 Å². The molecule has 0 radical (unpaired) electrons. The summed E-state index contributed by atoms with van der Waals surface area (Å²) in [4.78, 5) is 11.7. The van der Waals surface area contributed by atoms with Gasteiger partial charge in [-0.15, -0.1) is 0 Å². The highest BCUT2D eigenvalue weighted by Gasteiger charge is 2.25. The number of carbonyl (C=O) groups is 1. The summed E-state index contributed by atoms with van der Waals surface area (Å²) in [6.07, 6.45) is 7.34. The molecule has 112 valence electrons. The standard InChI is InChI=1S/C14H28N2O2S/c1-14(2,10-17)7-4-8-15-13(18)16-11-5-6-12(9-11)19-3/h11-12,17H,4-10H2,1-3H3,(H2,15,16,18). The maximum absolute atomic E-state index is 11.7. The largest absolute Gasteiger partial charge is 0.396 e. The van der Waals surface area contributed by atoms with E-state index in [0.29, 0.717) is 17.8 Å². The molecular formula is C14H28N2O2S. The minimum Gasteiger partial charge on any atom is -0.396 e. The van der Waals surface area contributed by atoms with Gasteiger partial charge in [0, 0.05) is 24.4 Å². The van der Waals surface area contributed by atoms with Crippen LogP contribution in [-0.2, 0) is 0 Å². The summed E-state index contributed by atoms with van der Waals surface area (Å²) in [5.74, 6) is 0. The lowest BCUT2D eigenvalue weighted by Crippen LogP contribution is -2.41. The molecule has 2 unspecified atom stereocenters. The van der Waals surface area contributed by atoms with Gasteiger partial charge in [-0.05, 0) is 43.8 Å².